The second kappa shape index (κ2) is 5.58. The van der Waals surface area contributed by atoms with Crippen molar-refractivity contribution in [2.75, 3.05) is 0 Å². The monoisotopic (exact) mass is 289 g/mol. The van der Waals surface area contributed by atoms with Crippen LogP contribution in [0.15, 0.2) is 30.5 Å². The fraction of sp³-hybridized carbons (Fsp3) is 0.438. The molecule has 1 aromatic heterocycles. The van der Waals surface area contributed by atoms with Crippen molar-refractivity contribution in [3.8, 4) is 0 Å². The van der Waals surface area contributed by atoms with E-state index in [1.165, 1.54) is 29.7 Å². The predicted molar refractivity (Wildman–Crippen MR) is 81.9 cm³/mol. The maximum absolute atomic E-state index is 5.95. The third-order valence-corrected chi connectivity index (χ3v) is 4.45. The van der Waals surface area contributed by atoms with Gasteiger partial charge in [0.15, 0.2) is 0 Å². The van der Waals surface area contributed by atoms with E-state index in [1.54, 1.807) is 0 Å². The van der Waals surface area contributed by atoms with E-state index in [2.05, 4.69) is 29.5 Å². The van der Waals surface area contributed by atoms with E-state index in [1.807, 2.05) is 30.1 Å². The SMILES string of the molecule is CC(NC1CCCc2c1cnn2C)c1ccc(Cl)cc1. The Morgan fingerprint density at radius 3 is 2.85 bits per heavy atom. The Hall–Kier alpha value is -1.32. The molecule has 1 N–H and O–H groups in total. The zero-order valence-electron chi connectivity index (χ0n) is 11.9. The molecule has 0 amide bonds. The Morgan fingerprint density at radius 2 is 2.10 bits per heavy atom. The predicted octanol–water partition coefficient (Wildman–Crippen LogP) is 3.80. The van der Waals surface area contributed by atoms with E-state index in [9.17, 15) is 0 Å². The van der Waals surface area contributed by atoms with E-state index in [0.29, 0.717) is 12.1 Å². The first-order chi connectivity index (χ1) is 9.65. The second-order valence-corrected chi connectivity index (χ2v) is 5.99. The Labute approximate surface area is 124 Å². The van der Waals surface area contributed by atoms with Gasteiger partial charge in [-0.2, -0.15) is 5.10 Å². The van der Waals surface area contributed by atoms with Gasteiger partial charge in [-0.1, -0.05) is 23.7 Å². The molecular formula is C16H20ClN3. The number of aromatic nitrogens is 2. The molecule has 2 atom stereocenters. The highest BCUT2D eigenvalue weighted by Gasteiger charge is 2.24. The van der Waals surface area contributed by atoms with Crippen LogP contribution in [0, 0.1) is 0 Å². The number of nitrogens with one attached hydrogen (secondary N) is 1. The summed E-state index contributed by atoms with van der Waals surface area (Å²) in [6, 6.07) is 8.79. The number of fused-ring (bicyclic) bond motifs is 1. The van der Waals surface area contributed by atoms with E-state index in [4.69, 9.17) is 11.6 Å². The van der Waals surface area contributed by atoms with Crippen LogP contribution in [0.1, 0.15) is 48.7 Å². The van der Waals surface area contributed by atoms with Crippen LogP contribution in [0.4, 0.5) is 0 Å². The second-order valence-electron chi connectivity index (χ2n) is 5.55. The number of benzene rings is 1. The fourth-order valence-corrected chi connectivity index (χ4v) is 3.15. The summed E-state index contributed by atoms with van der Waals surface area (Å²) >= 11 is 5.95. The summed E-state index contributed by atoms with van der Waals surface area (Å²) in [5, 5.41) is 8.91. The van der Waals surface area contributed by atoms with Crippen LogP contribution in [-0.4, -0.2) is 9.78 Å². The van der Waals surface area contributed by atoms with E-state index in [-0.39, 0.29) is 0 Å². The van der Waals surface area contributed by atoms with Crippen LogP contribution in [0.25, 0.3) is 0 Å². The summed E-state index contributed by atoms with van der Waals surface area (Å²) in [6.45, 7) is 2.20. The summed E-state index contributed by atoms with van der Waals surface area (Å²) in [5.74, 6) is 0. The Kier molecular flexibility index (Phi) is 3.81. The molecule has 0 saturated heterocycles. The lowest BCUT2D eigenvalue weighted by atomic mass is 9.92. The molecule has 3 nitrogen and oxygen atoms in total. The number of halogens is 1. The molecule has 2 unspecified atom stereocenters. The van der Waals surface area contributed by atoms with Crippen molar-refractivity contribution < 1.29 is 0 Å². The van der Waals surface area contributed by atoms with Gasteiger partial charge in [0.1, 0.15) is 0 Å². The van der Waals surface area contributed by atoms with Gasteiger partial charge in [0.2, 0.25) is 0 Å². The quantitative estimate of drug-likeness (QED) is 0.931. The highest BCUT2D eigenvalue weighted by Crippen LogP contribution is 2.31. The van der Waals surface area contributed by atoms with Crippen molar-refractivity contribution in [3.05, 3.63) is 52.3 Å². The van der Waals surface area contributed by atoms with Crippen LogP contribution in [0.3, 0.4) is 0 Å². The first-order valence-corrected chi connectivity index (χ1v) is 7.55. The normalized spacial score (nSPS) is 19.6. The van der Waals surface area contributed by atoms with Crippen LogP contribution in [-0.2, 0) is 13.5 Å². The molecule has 0 bridgehead atoms. The van der Waals surface area contributed by atoms with E-state index >= 15 is 0 Å². The van der Waals surface area contributed by atoms with Gasteiger partial charge in [0, 0.05) is 35.4 Å². The molecule has 3 rings (SSSR count). The van der Waals surface area contributed by atoms with Crippen LogP contribution in [0.5, 0.6) is 0 Å². The van der Waals surface area contributed by atoms with Gasteiger partial charge < -0.3 is 5.32 Å². The summed E-state index contributed by atoms with van der Waals surface area (Å²) in [6.07, 6.45) is 5.55. The smallest absolute Gasteiger partial charge is 0.0540 e. The molecule has 20 heavy (non-hydrogen) atoms. The molecule has 4 heteroatoms. The zero-order chi connectivity index (χ0) is 14.1. The van der Waals surface area contributed by atoms with Crippen molar-refractivity contribution >= 4 is 11.6 Å². The number of rotatable bonds is 3. The maximum atomic E-state index is 5.95. The number of hydrogen-bond acceptors (Lipinski definition) is 2. The van der Waals surface area contributed by atoms with Gasteiger partial charge in [-0.3, -0.25) is 4.68 Å². The minimum Gasteiger partial charge on any atom is -0.303 e. The highest BCUT2D eigenvalue weighted by molar-refractivity contribution is 6.30. The number of aryl methyl sites for hydroxylation is 1. The van der Waals surface area contributed by atoms with Gasteiger partial charge >= 0.3 is 0 Å². The number of hydrogen-bond donors (Lipinski definition) is 1. The fourth-order valence-electron chi connectivity index (χ4n) is 3.03. The molecule has 0 saturated carbocycles. The molecule has 0 fully saturated rings. The molecule has 1 aromatic carbocycles. The average Bonchev–Trinajstić information content (AvgIpc) is 2.82. The lowest BCUT2D eigenvalue weighted by Gasteiger charge is -2.27. The first kappa shape index (κ1) is 13.7. The molecule has 0 aliphatic heterocycles. The van der Waals surface area contributed by atoms with Gasteiger partial charge in [-0.25, -0.2) is 0 Å². The van der Waals surface area contributed by atoms with Crippen LogP contribution >= 0.6 is 11.6 Å². The van der Waals surface area contributed by atoms with Gasteiger partial charge in [0.25, 0.3) is 0 Å². The van der Waals surface area contributed by atoms with Crippen molar-refractivity contribution in [2.45, 2.75) is 38.3 Å². The summed E-state index contributed by atoms with van der Waals surface area (Å²) in [7, 11) is 2.03. The topological polar surface area (TPSA) is 29.9 Å². The molecular weight excluding hydrogens is 270 g/mol. The third kappa shape index (κ3) is 2.60. The van der Waals surface area contributed by atoms with Crippen molar-refractivity contribution in [3.63, 3.8) is 0 Å². The largest absolute Gasteiger partial charge is 0.303 e. The van der Waals surface area contributed by atoms with Crippen molar-refractivity contribution in [1.82, 2.24) is 15.1 Å². The molecule has 1 aliphatic rings. The molecule has 106 valence electrons. The Bertz CT molecular complexity index is 588. The molecule has 0 spiro atoms. The lowest BCUT2D eigenvalue weighted by molar-refractivity contribution is 0.411. The summed E-state index contributed by atoms with van der Waals surface area (Å²) < 4.78 is 2.01. The summed E-state index contributed by atoms with van der Waals surface area (Å²) in [5.41, 5.74) is 4.00. The minimum atomic E-state index is 0.309. The average molecular weight is 290 g/mol. The standard InChI is InChI=1S/C16H20ClN3/c1-11(12-6-8-13(17)9-7-12)19-15-4-3-5-16-14(15)10-18-20(16)2/h6-11,15,19H,3-5H2,1-2H3. The Morgan fingerprint density at radius 1 is 1.35 bits per heavy atom. The van der Waals surface area contributed by atoms with E-state index in [0.717, 1.165) is 11.4 Å². The van der Waals surface area contributed by atoms with Crippen LogP contribution < -0.4 is 5.32 Å². The minimum absolute atomic E-state index is 0.309. The summed E-state index contributed by atoms with van der Waals surface area (Å²) in [4.78, 5) is 0. The molecule has 1 aliphatic carbocycles. The molecule has 1 heterocycles. The lowest BCUT2D eigenvalue weighted by Crippen LogP contribution is -2.27. The Balaban J connectivity index is 1.77. The van der Waals surface area contributed by atoms with Gasteiger partial charge in [-0.05, 0) is 43.9 Å². The van der Waals surface area contributed by atoms with E-state index < -0.39 is 0 Å². The first-order valence-electron chi connectivity index (χ1n) is 7.17. The molecule has 2 aromatic rings. The van der Waals surface area contributed by atoms with Gasteiger partial charge in [-0.15, -0.1) is 0 Å². The van der Waals surface area contributed by atoms with Crippen molar-refractivity contribution in [2.24, 2.45) is 7.05 Å². The highest BCUT2D eigenvalue weighted by atomic mass is 35.5. The van der Waals surface area contributed by atoms with Gasteiger partial charge in [0.05, 0.1) is 6.20 Å². The third-order valence-electron chi connectivity index (χ3n) is 4.20. The maximum Gasteiger partial charge on any atom is 0.0540 e. The van der Waals surface area contributed by atoms with Crippen molar-refractivity contribution in [1.29, 1.82) is 0 Å². The zero-order valence-corrected chi connectivity index (χ0v) is 12.7. The van der Waals surface area contributed by atoms with Crippen LogP contribution in [0.2, 0.25) is 5.02 Å². The molecule has 0 radical (unpaired) electrons. The number of nitrogens with zero attached hydrogens (tertiary/aromatic N) is 2.